The van der Waals surface area contributed by atoms with Crippen LogP contribution in [0, 0.1) is 17.4 Å². The van der Waals surface area contributed by atoms with Gasteiger partial charge in [-0.3, -0.25) is 0 Å². The summed E-state index contributed by atoms with van der Waals surface area (Å²) in [6.07, 6.45) is 0. The predicted octanol–water partition coefficient (Wildman–Crippen LogP) is 5.18. The number of nitrogens with zero attached hydrogens (tertiary/aromatic N) is 1. The molecule has 0 aliphatic carbocycles. The van der Waals surface area contributed by atoms with Crippen molar-refractivity contribution in [2.24, 2.45) is 0 Å². The third-order valence-corrected chi connectivity index (χ3v) is 4.62. The van der Waals surface area contributed by atoms with E-state index < -0.39 is 0 Å². The fourth-order valence-electron chi connectivity index (χ4n) is 2.12. The summed E-state index contributed by atoms with van der Waals surface area (Å²) in [5.41, 5.74) is 4.91. The first-order valence-electron chi connectivity index (χ1n) is 5.77. The molecule has 0 N–H and O–H groups in total. The molecule has 18 heavy (non-hydrogen) atoms. The molecule has 0 saturated carbocycles. The van der Waals surface area contributed by atoms with Crippen molar-refractivity contribution in [2.45, 2.75) is 13.8 Å². The minimum atomic E-state index is 1.11. The Labute approximate surface area is 124 Å². The van der Waals surface area contributed by atoms with Gasteiger partial charge in [0.25, 0.3) is 0 Å². The molecule has 1 aromatic heterocycles. The fourth-order valence-corrected chi connectivity index (χ4v) is 3.80. The van der Waals surface area contributed by atoms with Gasteiger partial charge in [0.05, 0.1) is 10.2 Å². The minimum Gasteiger partial charge on any atom is -0.236 e. The smallest absolute Gasteiger partial charge is 0.124 e. The van der Waals surface area contributed by atoms with E-state index in [0.717, 1.165) is 10.5 Å². The van der Waals surface area contributed by atoms with Crippen LogP contribution in [0.4, 0.5) is 0 Å². The molecule has 3 heteroatoms. The molecule has 0 unspecified atom stereocenters. The molecule has 1 nitrogen and oxygen atoms in total. The first-order chi connectivity index (χ1) is 8.63. The molecule has 0 amide bonds. The second-order valence-corrected chi connectivity index (χ2v) is 6.73. The van der Waals surface area contributed by atoms with Crippen molar-refractivity contribution in [3.63, 3.8) is 0 Å². The van der Waals surface area contributed by atoms with Crippen molar-refractivity contribution in [2.75, 3.05) is 0 Å². The van der Waals surface area contributed by atoms with E-state index >= 15 is 0 Å². The summed E-state index contributed by atoms with van der Waals surface area (Å²) in [6, 6.07) is 12.9. The summed E-state index contributed by atoms with van der Waals surface area (Å²) < 4.78 is 2.53. The average molecular weight is 365 g/mol. The van der Waals surface area contributed by atoms with Crippen LogP contribution in [0.25, 0.3) is 20.8 Å². The summed E-state index contributed by atoms with van der Waals surface area (Å²) in [7, 11) is 0. The maximum atomic E-state index is 4.78. The molecule has 90 valence electrons. The maximum absolute atomic E-state index is 4.78. The van der Waals surface area contributed by atoms with E-state index in [1.165, 1.54) is 25.0 Å². The highest BCUT2D eigenvalue weighted by Crippen LogP contribution is 2.32. The average Bonchev–Trinajstić information content (AvgIpc) is 2.73. The quantitative estimate of drug-likeness (QED) is 0.541. The predicted molar refractivity (Wildman–Crippen MR) is 87.2 cm³/mol. The van der Waals surface area contributed by atoms with Gasteiger partial charge in [0, 0.05) is 9.13 Å². The van der Waals surface area contributed by atoms with Crippen LogP contribution in [0.15, 0.2) is 36.4 Å². The van der Waals surface area contributed by atoms with E-state index in [9.17, 15) is 0 Å². The van der Waals surface area contributed by atoms with E-state index in [2.05, 4.69) is 72.8 Å². The largest absolute Gasteiger partial charge is 0.236 e. The Morgan fingerprint density at radius 1 is 1.11 bits per heavy atom. The zero-order chi connectivity index (χ0) is 12.7. The van der Waals surface area contributed by atoms with Crippen molar-refractivity contribution in [1.82, 2.24) is 4.98 Å². The summed E-state index contributed by atoms with van der Waals surface area (Å²) in [5.74, 6) is 0. The van der Waals surface area contributed by atoms with Crippen LogP contribution in [-0.2, 0) is 0 Å². The second kappa shape index (κ2) is 4.63. The lowest BCUT2D eigenvalue weighted by molar-refractivity contribution is 1.38. The first kappa shape index (κ1) is 12.1. The Morgan fingerprint density at radius 2 is 1.94 bits per heavy atom. The minimum absolute atomic E-state index is 1.11. The van der Waals surface area contributed by atoms with Gasteiger partial charge in [-0.15, -0.1) is 11.3 Å². The van der Waals surface area contributed by atoms with Crippen LogP contribution < -0.4 is 0 Å². The molecule has 3 rings (SSSR count). The van der Waals surface area contributed by atoms with Gasteiger partial charge < -0.3 is 0 Å². The Kier molecular flexibility index (Phi) is 3.11. The molecule has 0 bridgehead atoms. The van der Waals surface area contributed by atoms with E-state index in [4.69, 9.17) is 4.98 Å². The number of hydrogen-bond donors (Lipinski definition) is 0. The lowest BCUT2D eigenvalue weighted by Gasteiger charge is -1.96. The van der Waals surface area contributed by atoms with Crippen molar-refractivity contribution < 1.29 is 0 Å². The molecular weight excluding hydrogens is 353 g/mol. The monoisotopic (exact) mass is 365 g/mol. The molecule has 0 fully saturated rings. The highest BCUT2D eigenvalue weighted by molar-refractivity contribution is 14.1. The normalized spacial score (nSPS) is 11.1. The van der Waals surface area contributed by atoms with Gasteiger partial charge in [0.1, 0.15) is 5.01 Å². The van der Waals surface area contributed by atoms with Crippen molar-refractivity contribution in [3.8, 4) is 10.6 Å². The van der Waals surface area contributed by atoms with Gasteiger partial charge in [0.15, 0.2) is 0 Å². The van der Waals surface area contributed by atoms with Crippen molar-refractivity contribution in [1.29, 1.82) is 0 Å². The van der Waals surface area contributed by atoms with Crippen LogP contribution in [0.1, 0.15) is 11.1 Å². The van der Waals surface area contributed by atoms with Crippen molar-refractivity contribution >= 4 is 44.1 Å². The van der Waals surface area contributed by atoms with E-state index in [0.29, 0.717) is 0 Å². The number of thiazole rings is 1. The molecule has 3 aromatic rings. The van der Waals surface area contributed by atoms with Gasteiger partial charge >= 0.3 is 0 Å². The Balaban J connectivity index is 2.22. The number of aryl methyl sites for hydroxylation is 2. The summed E-state index contributed by atoms with van der Waals surface area (Å²) >= 11 is 4.11. The number of halogens is 1. The molecule has 2 aromatic carbocycles. The third-order valence-electron chi connectivity index (χ3n) is 2.90. The Bertz CT molecular complexity index is 730. The Morgan fingerprint density at radius 3 is 2.72 bits per heavy atom. The number of hydrogen-bond acceptors (Lipinski definition) is 2. The third kappa shape index (κ3) is 2.17. The second-order valence-electron chi connectivity index (χ2n) is 4.46. The van der Waals surface area contributed by atoms with Crippen LogP contribution in [-0.4, -0.2) is 4.98 Å². The SMILES string of the molecule is Cc1cc(C)c2nc(-c3cccc(I)c3)sc2c1. The molecule has 0 aliphatic rings. The van der Waals surface area contributed by atoms with Gasteiger partial charge in [-0.2, -0.15) is 0 Å². The Hall–Kier alpha value is -0.940. The van der Waals surface area contributed by atoms with Gasteiger partial charge in [-0.05, 0) is 65.8 Å². The molecule has 1 heterocycles. The molecule has 0 atom stereocenters. The van der Waals surface area contributed by atoms with Crippen LogP contribution in [0.5, 0.6) is 0 Å². The summed E-state index contributed by atoms with van der Waals surface area (Å²) in [5, 5.41) is 1.11. The molecule has 0 radical (unpaired) electrons. The zero-order valence-corrected chi connectivity index (χ0v) is 13.2. The fraction of sp³-hybridized carbons (Fsp3) is 0.133. The molecule has 0 spiro atoms. The topological polar surface area (TPSA) is 12.9 Å². The van der Waals surface area contributed by atoms with Gasteiger partial charge in [-0.25, -0.2) is 4.98 Å². The number of aromatic nitrogens is 1. The molecule has 0 aliphatic heterocycles. The van der Waals surface area contributed by atoms with Crippen molar-refractivity contribution in [3.05, 3.63) is 51.1 Å². The highest BCUT2D eigenvalue weighted by Gasteiger charge is 2.08. The molecular formula is C15H12INS. The summed E-state index contributed by atoms with van der Waals surface area (Å²) in [4.78, 5) is 4.78. The summed E-state index contributed by atoms with van der Waals surface area (Å²) in [6.45, 7) is 4.27. The van der Waals surface area contributed by atoms with Crippen LogP contribution in [0.3, 0.4) is 0 Å². The number of benzene rings is 2. The van der Waals surface area contributed by atoms with Crippen LogP contribution >= 0.6 is 33.9 Å². The highest BCUT2D eigenvalue weighted by atomic mass is 127. The lowest BCUT2D eigenvalue weighted by Crippen LogP contribution is -1.80. The number of fused-ring (bicyclic) bond motifs is 1. The maximum Gasteiger partial charge on any atom is 0.124 e. The number of rotatable bonds is 1. The van der Waals surface area contributed by atoms with Gasteiger partial charge in [0.2, 0.25) is 0 Å². The van der Waals surface area contributed by atoms with E-state index in [1.807, 2.05) is 0 Å². The lowest BCUT2D eigenvalue weighted by atomic mass is 10.1. The first-order valence-corrected chi connectivity index (χ1v) is 7.67. The van der Waals surface area contributed by atoms with E-state index in [-0.39, 0.29) is 0 Å². The van der Waals surface area contributed by atoms with Gasteiger partial charge in [-0.1, -0.05) is 18.2 Å². The van der Waals surface area contributed by atoms with E-state index in [1.54, 1.807) is 11.3 Å². The van der Waals surface area contributed by atoms with Crippen LogP contribution in [0.2, 0.25) is 0 Å². The molecule has 0 saturated heterocycles. The standard InChI is InChI=1S/C15H12INS/c1-9-6-10(2)14-13(7-9)18-15(17-14)11-4-3-5-12(16)8-11/h3-8H,1-2H3. The zero-order valence-electron chi connectivity index (χ0n) is 10.2.